The van der Waals surface area contributed by atoms with E-state index in [0.717, 1.165) is 5.56 Å². The van der Waals surface area contributed by atoms with E-state index in [-0.39, 0.29) is 0 Å². The van der Waals surface area contributed by atoms with Crippen molar-refractivity contribution in [2.24, 2.45) is 5.73 Å². The number of ether oxygens (including phenoxy) is 1. The van der Waals surface area contributed by atoms with Gasteiger partial charge in [0.25, 0.3) is 0 Å². The maximum Gasteiger partial charge on any atom is 0.339 e. The molecule has 0 unspecified atom stereocenters. The summed E-state index contributed by atoms with van der Waals surface area (Å²) in [5.41, 5.74) is 12.4. The molecule has 0 aliphatic carbocycles. The number of nitrogens with two attached hydrogens (primary N) is 2. The molecular formula is C12H14N2O2. The Kier molecular flexibility index (Phi) is 4.37. The van der Waals surface area contributed by atoms with Crippen LogP contribution in [0.1, 0.15) is 22.3 Å². The number of esters is 1. The van der Waals surface area contributed by atoms with Crippen molar-refractivity contribution in [2.45, 2.75) is 6.42 Å². The first-order chi connectivity index (χ1) is 7.69. The Morgan fingerprint density at radius 3 is 2.88 bits per heavy atom. The molecule has 0 saturated carbocycles. The summed E-state index contributed by atoms with van der Waals surface area (Å²) in [5, 5.41) is 0. The van der Waals surface area contributed by atoms with Crippen LogP contribution in [-0.2, 0) is 4.74 Å². The van der Waals surface area contributed by atoms with Crippen molar-refractivity contribution >= 4 is 11.7 Å². The Morgan fingerprint density at radius 1 is 1.50 bits per heavy atom. The van der Waals surface area contributed by atoms with Crippen LogP contribution in [0.2, 0.25) is 0 Å². The van der Waals surface area contributed by atoms with Gasteiger partial charge >= 0.3 is 5.97 Å². The van der Waals surface area contributed by atoms with Crippen LogP contribution in [0.4, 0.5) is 5.69 Å². The summed E-state index contributed by atoms with van der Waals surface area (Å²) in [6.07, 6.45) is 0.623. The van der Waals surface area contributed by atoms with Crippen LogP contribution in [0, 0.1) is 11.8 Å². The third kappa shape index (κ3) is 3.01. The fourth-order valence-corrected chi connectivity index (χ4v) is 1.16. The summed E-state index contributed by atoms with van der Waals surface area (Å²) in [5.74, 6) is 5.33. The Balaban J connectivity index is 2.99. The highest BCUT2D eigenvalue weighted by Crippen LogP contribution is 2.14. The topological polar surface area (TPSA) is 78.3 Å². The van der Waals surface area contributed by atoms with E-state index >= 15 is 0 Å². The van der Waals surface area contributed by atoms with Gasteiger partial charge in [-0.05, 0) is 18.2 Å². The van der Waals surface area contributed by atoms with Crippen LogP contribution >= 0.6 is 0 Å². The molecule has 84 valence electrons. The summed E-state index contributed by atoms with van der Waals surface area (Å²) >= 11 is 0. The molecule has 0 spiro atoms. The zero-order valence-corrected chi connectivity index (χ0v) is 9.12. The van der Waals surface area contributed by atoms with E-state index in [1.807, 2.05) is 0 Å². The molecule has 1 aromatic carbocycles. The summed E-state index contributed by atoms with van der Waals surface area (Å²) in [4.78, 5) is 11.3. The van der Waals surface area contributed by atoms with Gasteiger partial charge in [0.05, 0.1) is 12.7 Å². The van der Waals surface area contributed by atoms with E-state index in [0.29, 0.717) is 24.2 Å². The molecule has 1 rings (SSSR count). The van der Waals surface area contributed by atoms with Crippen molar-refractivity contribution in [1.82, 2.24) is 0 Å². The van der Waals surface area contributed by atoms with Crippen LogP contribution in [-0.4, -0.2) is 19.6 Å². The van der Waals surface area contributed by atoms with Crippen LogP contribution in [0.15, 0.2) is 18.2 Å². The standard InChI is InChI=1S/C12H14N2O2/c1-16-12(15)10-8-9(4-2-3-7-13)5-6-11(10)14/h5-6,8H,3,7,13-14H2,1H3. The van der Waals surface area contributed by atoms with Gasteiger partial charge in [0.1, 0.15) is 0 Å². The second-order valence-corrected chi connectivity index (χ2v) is 3.13. The number of rotatable bonds is 2. The van der Waals surface area contributed by atoms with E-state index in [1.165, 1.54) is 7.11 Å². The van der Waals surface area contributed by atoms with Crippen molar-refractivity contribution in [2.75, 3.05) is 19.4 Å². The molecule has 0 amide bonds. The maximum absolute atomic E-state index is 11.3. The van der Waals surface area contributed by atoms with Crippen LogP contribution in [0.3, 0.4) is 0 Å². The lowest BCUT2D eigenvalue weighted by Crippen LogP contribution is -2.05. The first-order valence-corrected chi connectivity index (χ1v) is 4.86. The largest absolute Gasteiger partial charge is 0.465 e. The third-order valence-electron chi connectivity index (χ3n) is 1.96. The van der Waals surface area contributed by atoms with Gasteiger partial charge in [-0.2, -0.15) is 0 Å². The van der Waals surface area contributed by atoms with Crippen LogP contribution in [0.5, 0.6) is 0 Å². The van der Waals surface area contributed by atoms with Gasteiger partial charge in [-0.3, -0.25) is 0 Å². The molecule has 0 atom stereocenters. The smallest absolute Gasteiger partial charge is 0.339 e. The average molecular weight is 218 g/mol. The number of hydrogen-bond donors (Lipinski definition) is 2. The molecule has 0 fully saturated rings. The quantitative estimate of drug-likeness (QED) is 0.436. The first kappa shape index (κ1) is 12.1. The van der Waals surface area contributed by atoms with E-state index in [9.17, 15) is 4.79 Å². The van der Waals surface area contributed by atoms with Gasteiger partial charge in [0.15, 0.2) is 0 Å². The van der Waals surface area contributed by atoms with Gasteiger partial charge in [0.2, 0.25) is 0 Å². The molecule has 0 aromatic heterocycles. The Hall–Kier alpha value is -1.99. The lowest BCUT2D eigenvalue weighted by atomic mass is 10.1. The number of carbonyl (C=O) groups excluding carboxylic acids is 1. The van der Waals surface area contributed by atoms with Gasteiger partial charge in [0, 0.05) is 24.2 Å². The number of hydrogen-bond acceptors (Lipinski definition) is 4. The van der Waals surface area contributed by atoms with Gasteiger partial charge in [-0.1, -0.05) is 11.8 Å². The minimum absolute atomic E-state index is 0.335. The molecule has 1 aromatic rings. The predicted octanol–water partition coefficient (Wildman–Crippen LogP) is 0.756. The van der Waals surface area contributed by atoms with Crippen molar-refractivity contribution in [3.63, 3.8) is 0 Å². The number of carbonyl (C=O) groups is 1. The molecule has 0 aliphatic rings. The van der Waals surface area contributed by atoms with E-state index in [1.54, 1.807) is 18.2 Å². The highest BCUT2D eigenvalue weighted by molar-refractivity contribution is 5.95. The molecule has 16 heavy (non-hydrogen) atoms. The Bertz CT molecular complexity index is 444. The highest BCUT2D eigenvalue weighted by atomic mass is 16.5. The van der Waals surface area contributed by atoms with Crippen molar-refractivity contribution in [1.29, 1.82) is 0 Å². The summed E-state index contributed by atoms with van der Waals surface area (Å²) in [6, 6.07) is 5.01. The van der Waals surface area contributed by atoms with Crippen molar-refractivity contribution < 1.29 is 9.53 Å². The number of anilines is 1. The second kappa shape index (κ2) is 5.79. The third-order valence-corrected chi connectivity index (χ3v) is 1.96. The summed E-state index contributed by atoms with van der Waals surface area (Å²) in [6.45, 7) is 0.520. The van der Waals surface area contributed by atoms with Crippen molar-refractivity contribution in [3.8, 4) is 11.8 Å². The van der Waals surface area contributed by atoms with Gasteiger partial charge in [-0.15, -0.1) is 0 Å². The molecule has 4 N–H and O–H groups in total. The second-order valence-electron chi connectivity index (χ2n) is 3.13. The Labute approximate surface area is 94.6 Å². The van der Waals surface area contributed by atoms with E-state index in [2.05, 4.69) is 16.6 Å². The van der Waals surface area contributed by atoms with E-state index < -0.39 is 5.97 Å². The molecule has 4 heteroatoms. The molecule has 0 heterocycles. The average Bonchev–Trinajstić information content (AvgIpc) is 2.30. The fraction of sp³-hybridized carbons (Fsp3) is 0.250. The predicted molar refractivity (Wildman–Crippen MR) is 62.7 cm³/mol. The monoisotopic (exact) mass is 218 g/mol. The minimum atomic E-state index is -0.458. The molecule has 0 radical (unpaired) electrons. The zero-order chi connectivity index (χ0) is 12.0. The fourth-order valence-electron chi connectivity index (χ4n) is 1.16. The van der Waals surface area contributed by atoms with Crippen LogP contribution < -0.4 is 11.5 Å². The number of nitrogen functional groups attached to an aromatic ring is 1. The first-order valence-electron chi connectivity index (χ1n) is 4.86. The molecular weight excluding hydrogens is 204 g/mol. The molecule has 0 aliphatic heterocycles. The summed E-state index contributed by atoms with van der Waals surface area (Å²) in [7, 11) is 1.31. The number of methoxy groups -OCH3 is 1. The normalized spacial score (nSPS) is 9.12. The molecule has 4 nitrogen and oxygen atoms in total. The summed E-state index contributed by atoms with van der Waals surface area (Å²) < 4.78 is 4.61. The molecule has 0 bridgehead atoms. The van der Waals surface area contributed by atoms with Gasteiger partial charge in [-0.25, -0.2) is 4.79 Å². The zero-order valence-electron chi connectivity index (χ0n) is 9.12. The van der Waals surface area contributed by atoms with Crippen LogP contribution in [0.25, 0.3) is 0 Å². The number of benzene rings is 1. The van der Waals surface area contributed by atoms with Gasteiger partial charge < -0.3 is 16.2 Å². The highest BCUT2D eigenvalue weighted by Gasteiger charge is 2.09. The van der Waals surface area contributed by atoms with E-state index in [4.69, 9.17) is 11.5 Å². The maximum atomic E-state index is 11.3. The SMILES string of the molecule is COC(=O)c1cc(C#CCCN)ccc1N. The minimum Gasteiger partial charge on any atom is -0.465 e. The lowest BCUT2D eigenvalue weighted by molar-refractivity contribution is 0.0602. The molecule has 0 saturated heterocycles. The van der Waals surface area contributed by atoms with Crippen molar-refractivity contribution in [3.05, 3.63) is 29.3 Å². The Morgan fingerprint density at radius 2 is 2.25 bits per heavy atom. The lowest BCUT2D eigenvalue weighted by Gasteiger charge is -2.03.